The number of aromatic nitrogens is 1. The summed E-state index contributed by atoms with van der Waals surface area (Å²) in [5, 5.41) is 7.02. The summed E-state index contributed by atoms with van der Waals surface area (Å²) in [6, 6.07) is 8.59. The molecule has 0 saturated carbocycles. The van der Waals surface area contributed by atoms with Crippen LogP contribution in [0.25, 0.3) is 11.3 Å². The van der Waals surface area contributed by atoms with Crippen LogP contribution in [0.2, 0.25) is 0 Å². The summed E-state index contributed by atoms with van der Waals surface area (Å²) in [4.78, 5) is 17.9. The van der Waals surface area contributed by atoms with Crippen LogP contribution >= 0.6 is 23.1 Å². The Balaban J connectivity index is 1.65. The normalized spacial score (nSPS) is 17.9. The molecular formula is C17H21N3OS2. The number of nitrogens with one attached hydrogen (secondary N) is 2. The summed E-state index contributed by atoms with van der Waals surface area (Å²) in [7, 11) is 0. The molecule has 1 atom stereocenters. The Hall–Kier alpha value is -1.37. The number of amides is 1. The molecule has 1 fully saturated rings. The lowest BCUT2D eigenvalue weighted by molar-refractivity contribution is -0.116. The third kappa shape index (κ3) is 4.34. The number of carbonyl (C=O) groups is 1. The second-order valence-electron chi connectivity index (χ2n) is 5.77. The van der Waals surface area contributed by atoms with Gasteiger partial charge in [0.15, 0.2) is 5.13 Å². The molecule has 2 aromatic rings. The molecule has 3 rings (SSSR count). The molecule has 122 valence electrons. The highest BCUT2D eigenvalue weighted by Crippen LogP contribution is 2.30. The molecule has 1 aromatic carbocycles. The number of aryl methyl sites for hydroxylation is 2. The van der Waals surface area contributed by atoms with Crippen LogP contribution in [0.3, 0.4) is 0 Å². The number of thiazole rings is 1. The van der Waals surface area contributed by atoms with Crippen LogP contribution in [-0.2, 0) is 4.79 Å². The molecule has 6 heteroatoms. The minimum Gasteiger partial charge on any atom is -0.312 e. The van der Waals surface area contributed by atoms with Crippen molar-refractivity contribution in [3.05, 3.63) is 34.7 Å². The highest BCUT2D eigenvalue weighted by molar-refractivity contribution is 7.99. The third-order valence-corrected chi connectivity index (χ3v) is 5.82. The molecule has 1 aliphatic heterocycles. The van der Waals surface area contributed by atoms with Crippen molar-refractivity contribution in [1.29, 1.82) is 0 Å². The van der Waals surface area contributed by atoms with E-state index < -0.39 is 0 Å². The van der Waals surface area contributed by atoms with E-state index in [2.05, 4.69) is 46.8 Å². The molecule has 0 bridgehead atoms. The summed E-state index contributed by atoms with van der Waals surface area (Å²) in [6.45, 7) is 5.10. The number of benzene rings is 1. The number of thioether (sulfide) groups is 1. The van der Waals surface area contributed by atoms with E-state index in [1.54, 1.807) is 0 Å². The standard InChI is InChI=1S/C17H21N3OS2/c1-11-3-5-13(6-4-11)16-12(2)23-17(20-16)19-15(21)9-14-10-22-8-7-18-14/h3-6,14,18H,7-10H2,1-2H3,(H,19,20,21). The van der Waals surface area contributed by atoms with Gasteiger partial charge in [0.2, 0.25) is 5.91 Å². The average molecular weight is 348 g/mol. The van der Waals surface area contributed by atoms with Crippen molar-refractivity contribution in [2.45, 2.75) is 26.3 Å². The second kappa shape index (κ2) is 7.47. The van der Waals surface area contributed by atoms with Gasteiger partial charge in [-0.1, -0.05) is 29.8 Å². The molecule has 0 spiro atoms. The Morgan fingerprint density at radius 3 is 2.83 bits per heavy atom. The van der Waals surface area contributed by atoms with Gasteiger partial charge in [0.25, 0.3) is 0 Å². The van der Waals surface area contributed by atoms with E-state index in [-0.39, 0.29) is 11.9 Å². The van der Waals surface area contributed by atoms with Crippen molar-refractivity contribution in [3.8, 4) is 11.3 Å². The first-order valence-corrected chi connectivity index (χ1v) is 9.74. The van der Waals surface area contributed by atoms with Crippen LogP contribution in [0.15, 0.2) is 24.3 Å². The molecule has 1 aliphatic rings. The van der Waals surface area contributed by atoms with Gasteiger partial charge in [-0.15, -0.1) is 11.3 Å². The van der Waals surface area contributed by atoms with Crippen molar-refractivity contribution in [2.24, 2.45) is 0 Å². The maximum absolute atomic E-state index is 12.2. The van der Waals surface area contributed by atoms with E-state index in [0.717, 1.165) is 34.2 Å². The lowest BCUT2D eigenvalue weighted by atomic mass is 10.1. The van der Waals surface area contributed by atoms with Gasteiger partial charge < -0.3 is 10.6 Å². The maximum atomic E-state index is 12.2. The van der Waals surface area contributed by atoms with Gasteiger partial charge in [-0.2, -0.15) is 11.8 Å². The second-order valence-corrected chi connectivity index (χ2v) is 8.12. The zero-order valence-corrected chi connectivity index (χ0v) is 15.0. The van der Waals surface area contributed by atoms with E-state index in [1.807, 2.05) is 18.7 Å². The molecule has 1 saturated heterocycles. The predicted octanol–water partition coefficient (Wildman–Crippen LogP) is 3.46. The Kier molecular flexibility index (Phi) is 5.35. The summed E-state index contributed by atoms with van der Waals surface area (Å²) >= 11 is 3.44. The Morgan fingerprint density at radius 1 is 1.35 bits per heavy atom. The van der Waals surface area contributed by atoms with E-state index in [4.69, 9.17) is 0 Å². The van der Waals surface area contributed by atoms with Gasteiger partial charge in [-0.25, -0.2) is 4.98 Å². The van der Waals surface area contributed by atoms with Crippen LogP contribution in [0.4, 0.5) is 5.13 Å². The minimum absolute atomic E-state index is 0.0363. The van der Waals surface area contributed by atoms with Crippen LogP contribution in [0.1, 0.15) is 16.9 Å². The van der Waals surface area contributed by atoms with E-state index in [1.165, 1.54) is 16.9 Å². The van der Waals surface area contributed by atoms with Crippen molar-refractivity contribution < 1.29 is 4.79 Å². The fraction of sp³-hybridized carbons (Fsp3) is 0.412. The molecule has 2 N–H and O–H groups in total. The molecular weight excluding hydrogens is 326 g/mol. The average Bonchev–Trinajstić information content (AvgIpc) is 2.89. The van der Waals surface area contributed by atoms with Crippen LogP contribution in [0, 0.1) is 13.8 Å². The maximum Gasteiger partial charge on any atom is 0.227 e. The molecule has 1 amide bonds. The van der Waals surface area contributed by atoms with Crippen LogP contribution in [-0.4, -0.2) is 35.0 Å². The number of hydrogen-bond donors (Lipinski definition) is 2. The monoisotopic (exact) mass is 347 g/mol. The Labute approximate surface area is 145 Å². The van der Waals surface area contributed by atoms with Crippen molar-refractivity contribution in [1.82, 2.24) is 10.3 Å². The topological polar surface area (TPSA) is 54.0 Å². The quantitative estimate of drug-likeness (QED) is 0.889. The molecule has 2 heterocycles. The van der Waals surface area contributed by atoms with Gasteiger partial charge in [-0.05, 0) is 13.8 Å². The zero-order valence-electron chi connectivity index (χ0n) is 13.4. The van der Waals surface area contributed by atoms with E-state index in [0.29, 0.717) is 11.6 Å². The Morgan fingerprint density at radius 2 is 2.13 bits per heavy atom. The zero-order chi connectivity index (χ0) is 16.2. The molecule has 4 nitrogen and oxygen atoms in total. The van der Waals surface area contributed by atoms with Crippen LogP contribution < -0.4 is 10.6 Å². The number of rotatable bonds is 4. The number of nitrogens with zero attached hydrogens (tertiary/aromatic N) is 1. The van der Waals surface area contributed by atoms with Crippen molar-refractivity contribution in [2.75, 3.05) is 23.4 Å². The highest BCUT2D eigenvalue weighted by Gasteiger charge is 2.18. The number of hydrogen-bond acceptors (Lipinski definition) is 5. The van der Waals surface area contributed by atoms with Gasteiger partial charge in [-0.3, -0.25) is 4.79 Å². The smallest absolute Gasteiger partial charge is 0.227 e. The largest absolute Gasteiger partial charge is 0.312 e. The summed E-state index contributed by atoms with van der Waals surface area (Å²) < 4.78 is 0. The number of anilines is 1. The SMILES string of the molecule is Cc1ccc(-c2nc(NC(=O)CC3CSCCN3)sc2C)cc1. The summed E-state index contributed by atoms with van der Waals surface area (Å²) in [6.07, 6.45) is 0.505. The predicted molar refractivity (Wildman–Crippen MR) is 99.4 cm³/mol. The Bertz CT molecular complexity index is 676. The van der Waals surface area contributed by atoms with E-state index >= 15 is 0 Å². The van der Waals surface area contributed by atoms with E-state index in [9.17, 15) is 4.79 Å². The minimum atomic E-state index is 0.0363. The molecule has 1 aromatic heterocycles. The molecule has 23 heavy (non-hydrogen) atoms. The molecule has 0 radical (unpaired) electrons. The fourth-order valence-corrected chi connectivity index (χ4v) is 4.38. The van der Waals surface area contributed by atoms with Gasteiger partial charge in [0.1, 0.15) is 0 Å². The summed E-state index contributed by atoms with van der Waals surface area (Å²) in [5.74, 6) is 2.16. The third-order valence-electron chi connectivity index (χ3n) is 3.80. The summed E-state index contributed by atoms with van der Waals surface area (Å²) in [5.41, 5.74) is 3.28. The van der Waals surface area contributed by atoms with Crippen molar-refractivity contribution >= 4 is 34.1 Å². The lowest BCUT2D eigenvalue weighted by Gasteiger charge is -2.22. The molecule has 0 aliphatic carbocycles. The lowest BCUT2D eigenvalue weighted by Crippen LogP contribution is -2.39. The fourth-order valence-electron chi connectivity index (χ4n) is 2.57. The van der Waals surface area contributed by atoms with Gasteiger partial charge in [0, 0.05) is 41.0 Å². The highest BCUT2D eigenvalue weighted by atomic mass is 32.2. The number of carbonyl (C=O) groups excluding carboxylic acids is 1. The van der Waals surface area contributed by atoms with Crippen LogP contribution in [0.5, 0.6) is 0 Å². The first kappa shape index (κ1) is 16.5. The van der Waals surface area contributed by atoms with Crippen molar-refractivity contribution in [3.63, 3.8) is 0 Å². The molecule has 1 unspecified atom stereocenters. The first-order valence-electron chi connectivity index (χ1n) is 7.77. The van der Waals surface area contributed by atoms with Gasteiger partial charge in [0.05, 0.1) is 5.69 Å². The first-order chi connectivity index (χ1) is 11.1. The van der Waals surface area contributed by atoms with Gasteiger partial charge >= 0.3 is 0 Å².